The fraction of sp³-hybridized carbons (Fsp3) is 0.0667. The number of amidine groups is 2. The Bertz CT molecular complexity index is 3770. The molecule has 2 aromatic heterocycles. The van der Waals surface area contributed by atoms with Crippen LogP contribution in [0, 0.1) is 0 Å². The first-order valence-electron chi connectivity index (χ1n) is 22.4. The lowest BCUT2D eigenvalue weighted by atomic mass is 9.82. The van der Waals surface area contributed by atoms with Gasteiger partial charge in [0.25, 0.3) is 0 Å². The van der Waals surface area contributed by atoms with Crippen LogP contribution in [0.2, 0.25) is 0 Å². The zero-order valence-corrected chi connectivity index (χ0v) is 36.1. The molecular weight excluding hydrogens is 791 g/mol. The third kappa shape index (κ3) is 5.79. The molecule has 1 N–H and O–H groups in total. The minimum atomic E-state index is -0.431. The molecule has 13 rings (SSSR count). The Morgan fingerprint density at radius 2 is 1.02 bits per heavy atom. The molecule has 1 aliphatic heterocycles. The van der Waals surface area contributed by atoms with Gasteiger partial charge in [0, 0.05) is 49.3 Å². The highest BCUT2D eigenvalue weighted by Gasteiger charge is 2.36. The fourth-order valence-corrected chi connectivity index (χ4v) is 10.7. The second kappa shape index (κ2) is 14.4. The Hall–Kier alpha value is -8.28. The topological polar surface area (TPSA) is 46.6 Å². The summed E-state index contributed by atoms with van der Waals surface area (Å²) in [5.41, 5.74) is 17.4. The largest absolute Gasteiger partial charge is 0.344 e. The van der Waals surface area contributed by atoms with Gasteiger partial charge in [0.2, 0.25) is 0 Å². The van der Waals surface area contributed by atoms with Gasteiger partial charge in [-0.05, 0) is 75.8 Å². The molecule has 3 heterocycles. The zero-order valence-electron chi connectivity index (χ0n) is 36.1. The first-order chi connectivity index (χ1) is 32.0. The summed E-state index contributed by atoms with van der Waals surface area (Å²) in [4.78, 5) is 10.7. The van der Waals surface area contributed by atoms with E-state index in [0.29, 0.717) is 5.84 Å². The average molecular weight is 834 g/mol. The highest BCUT2D eigenvalue weighted by molar-refractivity contribution is 6.15. The summed E-state index contributed by atoms with van der Waals surface area (Å²) in [7, 11) is 0. The molecule has 65 heavy (non-hydrogen) atoms. The Balaban J connectivity index is 0.991. The second-order valence-corrected chi connectivity index (χ2v) is 17.8. The molecule has 0 saturated carbocycles. The molecule has 0 radical (unpaired) electrons. The van der Waals surface area contributed by atoms with E-state index in [1.807, 2.05) is 6.07 Å². The number of para-hydroxylation sites is 3. The van der Waals surface area contributed by atoms with Crippen molar-refractivity contribution >= 4 is 55.3 Å². The van der Waals surface area contributed by atoms with Crippen LogP contribution in [0.1, 0.15) is 47.8 Å². The van der Waals surface area contributed by atoms with E-state index in [2.05, 4.69) is 235 Å². The predicted molar refractivity (Wildman–Crippen MR) is 270 cm³/mol. The minimum Gasteiger partial charge on any atom is -0.344 e. The smallest absolute Gasteiger partial charge is 0.159 e. The van der Waals surface area contributed by atoms with Gasteiger partial charge in [-0.1, -0.05) is 184 Å². The molecule has 2 aliphatic rings. The van der Waals surface area contributed by atoms with Crippen molar-refractivity contribution in [2.24, 2.45) is 9.98 Å². The molecular formula is C60H43N5. The maximum atomic E-state index is 5.42. The number of nitrogens with one attached hydrogen (secondary N) is 1. The molecule has 0 spiro atoms. The highest BCUT2D eigenvalue weighted by atomic mass is 15.2. The molecule has 0 fully saturated rings. The van der Waals surface area contributed by atoms with Gasteiger partial charge in [0.1, 0.15) is 12.0 Å². The number of nitrogens with zero attached hydrogens (tertiary/aromatic N) is 4. The molecule has 308 valence electrons. The van der Waals surface area contributed by atoms with Crippen LogP contribution in [-0.2, 0) is 5.41 Å². The van der Waals surface area contributed by atoms with Crippen LogP contribution in [0.15, 0.2) is 222 Å². The van der Waals surface area contributed by atoms with Crippen LogP contribution in [0.25, 0.3) is 77.2 Å². The van der Waals surface area contributed by atoms with Crippen molar-refractivity contribution < 1.29 is 0 Å². The van der Waals surface area contributed by atoms with Crippen molar-refractivity contribution in [3.63, 3.8) is 0 Å². The lowest BCUT2D eigenvalue weighted by Gasteiger charge is -2.26. The number of fused-ring (bicyclic) bond motifs is 9. The lowest BCUT2D eigenvalue weighted by molar-refractivity contribution is 0.659. The van der Waals surface area contributed by atoms with Crippen molar-refractivity contribution in [2.75, 3.05) is 0 Å². The van der Waals surface area contributed by atoms with E-state index in [1.165, 1.54) is 66.0 Å². The molecule has 5 nitrogen and oxygen atoms in total. The van der Waals surface area contributed by atoms with E-state index < -0.39 is 6.17 Å². The van der Waals surface area contributed by atoms with Crippen molar-refractivity contribution in [1.29, 1.82) is 0 Å². The lowest BCUT2D eigenvalue weighted by Crippen LogP contribution is -2.34. The monoisotopic (exact) mass is 833 g/mol. The summed E-state index contributed by atoms with van der Waals surface area (Å²) in [5, 5.41) is 8.72. The number of aromatic nitrogens is 2. The molecule has 9 aromatic carbocycles. The van der Waals surface area contributed by atoms with E-state index in [-0.39, 0.29) is 5.41 Å². The third-order valence-corrected chi connectivity index (χ3v) is 13.8. The van der Waals surface area contributed by atoms with Crippen LogP contribution >= 0.6 is 0 Å². The van der Waals surface area contributed by atoms with Gasteiger partial charge in [-0.15, -0.1) is 0 Å². The minimum absolute atomic E-state index is 0.0841. The van der Waals surface area contributed by atoms with Gasteiger partial charge in [-0.25, -0.2) is 9.98 Å². The highest BCUT2D eigenvalue weighted by Crippen LogP contribution is 2.49. The standard InChI is InChI=1S/C60H43N5/c1-60(2)50-25-13-9-21-43(50)49-35-41(30-34-51(49)60)58-61-57(39-19-7-4-8-20-39)62-59(63-58)48-24-12-16-28-54(48)65-53-27-15-11-23-45(53)47-33-31-42(37-56(47)65)64-52-26-14-10-22-44(52)46-32-29-40(36-55(46)64)38-17-5-3-6-18-38/h3-37,59H,1-2H3,(H,61,62,63). The quantitative estimate of drug-likeness (QED) is 0.178. The molecule has 0 bridgehead atoms. The van der Waals surface area contributed by atoms with Crippen molar-refractivity contribution in [2.45, 2.75) is 25.4 Å². The Morgan fingerprint density at radius 1 is 0.431 bits per heavy atom. The van der Waals surface area contributed by atoms with Gasteiger partial charge in [-0.2, -0.15) is 0 Å². The SMILES string of the molecule is CC1(C)c2ccccc2-c2cc(C3=NC(c4ccccc4)=NC(c4ccccc4-n4c5ccccc5c5ccc(-n6c7ccccc7c7ccc(-c8ccccc8)cc76)cc54)N3)ccc21. The molecule has 0 saturated heterocycles. The van der Waals surface area contributed by atoms with Crippen LogP contribution < -0.4 is 5.32 Å². The first-order valence-corrected chi connectivity index (χ1v) is 22.4. The van der Waals surface area contributed by atoms with E-state index in [0.717, 1.165) is 44.9 Å². The second-order valence-electron chi connectivity index (χ2n) is 17.8. The molecule has 0 amide bonds. The Morgan fingerprint density at radius 3 is 1.80 bits per heavy atom. The Labute approximate surface area is 377 Å². The predicted octanol–water partition coefficient (Wildman–Crippen LogP) is 14.3. The van der Waals surface area contributed by atoms with Gasteiger partial charge in [0.05, 0.1) is 27.8 Å². The number of hydrogen-bond acceptors (Lipinski definition) is 3. The fourth-order valence-electron chi connectivity index (χ4n) is 10.7. The number of hydrogen-bond donors (Lipinski definition) is 1. The number of rotatable bonds is 6. The van der Waals surface area contributed by atoms with Gasteiger partial charge < -0.3 is 14.5 Å². The average Bonchev–Trinajstić information content (AvgIpc) is 3.96. The molecule has 1 atom stereocenters. The van der Waals surface area contributed by atoms with E-state index >= 15 is 0 Å². The first kappa shape index (κ1) is 37.3. The summed E-state index contributed by atoms with van der Waals surface area (Å²) in [6.45, 7) is 4.65. The van der Waals surface area contributed by atoms with Crippen LogP contribution in [-0.4, -0.2) is 20.8 Å². The van der Waals surface area contributed by atoms with Crippen molar-refractivity contribution in [3.8, 4) is 33.6 Å². The maximum Gasteiger partial charge on any atom is 0.159 e. The normalized spacial score (nSPS) is 15.2. The molecule has 11 aromatic rings. The van der Waals surface area contributed by atoms with Crippen LogP contribution in [0.5, 0.6) is 0 Å². The summed E-state index contributed by atoms with van der Waals surface area (Å²) in [6.07, 6.45) is -0.431. The molecule has 5 heteroatoms. The summed E-state index contributed by atoms with van der Waals surface area (Å²) in [5.74, 6) is 1.50. The van der Waals surface area contributed by atoms with Crippen LogP contribution in [0.4, 0.5) is 0 Å². The molecule has 1 unspecified atom stereocenters. The number of benzene rings is 9. The summed E-state index contributed by atoms with van der Waals surface area (Å²) < 4.78 is 4.87. The van der Waals surface area contributed by atoms with Gasteiger partial charge >= 0.3 is 0 Å². The summed E-state index contributed by atoms with van der Waals surface area (Å²) in [6, 6.07) is 76.7. The molecule has 1 aliphatic carbocycles. The van der Waals surface area contributed by atoms with Crippen LogP contribution in [0.3, 0.4) is 0 Å². The van der Waals surface area contributed by atoms with E-state index in [1.54, 1.807) is 0 Å². The number of aliphatic imine (C=N–C) groups is 2. The Kier molecular flexibility index (Phi) is 8.25. The van der Waals surface area contributed by atoms with E-state index in [4.69, 9.17) is 9.98 Å². The van der Waals surface area contributed by atoms with Crippen molar-refractivity contribution in [1.82, 2.24) is 14.5 Å². The van der Waals surface area contributed by atoms with Gasteiger partial charge in [0.15, 0.2) is 5.84 Å². The maximum absolute atomic E-state index is 5.42. The van der Waals surface area contributed by atoms with Crippen molar-refractivity contribution in [3.05, 3.63) is 240 Å². The van der Waals surface area contributed by atoms with E-state index in [9.17, 15) is 0 Å². The third-order valence-electron chi connectivity index (χ3n) is 13.8. The zero-order chi connectivity index (χ0) is 43.2. The summed E-state index contributed by atoms with van der Waals surface area (Å²) >= 11 is 0. The van der Waals surface area contributed by atoms with Gasteiger partial charge in [-0.3, -0.25) is 0 Å².